The molecular formula is C25H21BrClN3O3S. The summed E-state index contributed by atoms with van der Waals surface area (Å²) in [4.78, 5) is 15.7. The number of amides is 1. The van der Waals surface area contributed by atoms with Crippen molar-refractivity contribution >= 4 is 62.1 Å². The number of hydrogen-bond donors (Lipinski definition) is 2. The zero-order chi connectivity index (χ0) is 24.0. The Morgan fingerprint density at radius 1 is 1.18 bits per heavy atom. The van der Waals surface area contributed by atoms with Gasteiger partial charge < -0.3 is 20.1 Å². The molecule has 2 aliphatic rings. The van der Waals surface area contributed by atoms with Gasteiger partial charge in [-0.1, -0.05) is 27.5 Å². The van der Waals surface area contributed by atoms with Crippen molar-refractivity contribution in [3.63, 3.8) is 0 Å². The smallest absolute Gasteiger partial charge is 0.236 e. The van der Waals surface area contributed by atoms with Crippen LogP contribution in [0.2, 0.25) is 5.02 Å². The Bertz CT molecular complexity index is 1270. The fourth-order valence-electron chi connectivity index (χ4n) is 4.62. The molecule has 2 aliphatic heterocycles. The number of rotatable bonds is 4. The van der Waals surface area contributed by atoms with Crippen LogP contribution in [-0.2, 0) is 4.79 Å². The van der Waals surface area contributed by atoms with Crippen LogP contribution >= 0.6 is 39.7 Å². The number of benzene rings is 3. The molecule has 0 aliphatic carbocycles. The SMILES string of the molecule is COc1ccc2c(c1)[C@H]1NC(=S)N(c3ccc(Br)cc3)[C@@](C)(O2)[C@H]1C(=O)Nc1ccc(Cl)cc1. The van der Waals surface area contributed by atoms with Gasteiger partial charge in [0.2, 0.25) is 5.91 Å². The minimum atomic E-state index is -1.10. The van der Waals surface area contributed by atoms with Crippen molar-refractivity contribution < 1.29 is 14.3 Å². The molecule has 2 bridgehead atoms. The van der Waals surface area contributed by atoms with Crippen LogP contribution in [0.25, 0.3) is 0 Å². The molecule has 34 heavy (non-hydrogen) atoms. The van der Waals surface area contributed by atoms with E-state index in [1.807, 2.05) is 54.3 Å². The molecule has 2 N–H and O–H groups in total. The number of methoxy groups -OCH3 is 1. The lowest BCUT2D eigenvalue weighted by molar-refractivity contribution is -0.130. The third kappa shape index (κ3) is 3.89. The zero-order valence-corrected chi connectivity index (χ0v) is 21.5. The lowest BCUT2D eigenvalue weighted by Gasteiger charge is -2.56. The van der Waals surface area contributed by atoms with Crippen LogP contribution in [0.5, 0.6) is 11.5 Å². The Morgan fingerprint density at radius 2 is 1.88 bits per heavy atom. The first kappa shape index (κ1) is 23.0. The molecule has 1 saturated heterocycles. The lowest BCUT2D eigenvalue weighted by Crippen LogP contribution is -2.72. The molecule has 3 aromatic carbocycles. The maximum absolute atomic E-state index is 13.8. The summed E-state index contributed by atoms with van der Waals surface area (Å²) in [5, 5.41) is 7.49. The second-order valence-electron chi connectivity index (χ2n) is 8.27. The lowest BCUT2D eigenvalue weighted by atomic mass is 9.78. The van der Waals surface area contributed by atoms with Crippen molar-refractivity contribution in [2.24, 2.45) is 5.92 Å². The fourth-order valence-corrected chi connectivity index (χ4v) is 5.42. The predicted octanol–water partition coefficient (Wildman–Crippen LogP) is 5.91. The maximum Gasteiger partial charge on any atom is 0.236 e. The minimum Gasteiger partial charge on any atom is -0.497 e. The van der Waals surface area contributed by atoms with Crippen molar-refractivity contribution in [1.82, 2.24) is 5.32 Å². The van der Waals surface area contributed by atoms with Crippen molar-refractivity contribution in [3.05, 3.63) is 81.8 Å². The number of fused-ring (bicyclic) bond motifs is 4. The Kier molecular flexibility index (Phi) is 5.91. The summed E-state index contributed by atoms with van der Waals surface area (Å²) in [6, 6.07) is 19.9. The number of carbonyl (C=O) groups excluding carboxylic acids is 1. The molecular weight excluding hydrogens is 538 g/mol. The standard InChI is InChI=1S/C25H21BrClN3O3S/c1-25-21(23(31)28-16-7-5-15(27)6-8-16)22(19-13-18(32-2)11-12-20(19)33-25)29-24(34)30(25)17-9-3-14(26)4-10-17/h3-13,21-22H,1-2H3,(H,28,31)(H,29,34)/t21-,22-,25+/m1/s1. The van der Waals surface area contributed by atoms with Gasteiger partial charge in [0.1, 0.15) is 17.4 Å². The molecule has 5 rings (SSSR count). The van der Waals surface area contributed by atoms with Gasteiger partial charge in [-0.15, -0.1) is 0 Å². The van der Waals surface area contributed by atoms with Crippen LogP contribution in [0.4, 0.5) is 11.4 Å². The third-order valence-electron chi connectivity index (χ3n) is 6.18. The van der Waals surface area contributed by atoms with E-state index in [0.29, 0.717) is 27.3 Å². The highest BCUT2D eigenvalue weighted by atomic mass is 79.9. The first-order chi connectivity index (χ1) is 16.3. The average molecular weight is 559 g/mol. The molecule has 0 unspecified atom stereocenters. The Labute approximate surface area is 216 Å². The van der Waals surface area contributed by atoms with Crippen LogP contribution in [0.1, 0.15) is 18.5 Å². The zero-order valence-electron chi connectivity index (χ0n) is 18.3. The largest absolute Gasteiger partial charge is 0.497 e. The van der Waals surface area contributed by atoms with Gasteiger partial charge in [-0.3, -0.25) is 9.69 Å². The minimum absolute atomic E-state index is 0.208. The van der Waals surface area contributed by atoms with Gasteiger partial charge in [0.05, 0.1) is 13.2 Å². The van der Waals surface area contributed by atoms with E-state index in [4.69, 9.17) is 33.3 Å². The van der Waals surface area contributed by atoms with Gasteiger partial charge in [-0.2, -0.15) is 0 Å². The van der Waals surface area contributed by atoms with Crippen LogP contribution in [0.3, 0.4) is 0 Å². The summed E-state index contributed by atoms with van der Waals surface area (Å²) in [5.74, 6) is 0.477. The maximum atomic E-state index is 13.8. The van der Waals surface area contributed by atoms with Gasteiger partial charge in [0.15, 0.2) is 10.8 Å². The van der Waals surface area contributed by atoms with Gasteiger partial charge >= 0.3 is 0 Å². The Balaban J connectivity index is 1.62. The molecule has 2 heterocycles. The van der Waals surface area contributed by atoms with Crippen LogP contribution in [0, 0.1) is 5.92 Å². The molecule has 3 aromatic rings. The monoisotopic (exact) mass is 557 g/mol. The van der Waals surface area contributed by atoms with Gasteiger partial charge in [-0.25, -0.2) is 0 Å². The number of ether oxygens (including phenoxy) is 2. The fraction of sp³-hybridized carbons (Fsp3) is 0.200. The van der Waals surface area contributed by atoms with Gasteiger partial charge in [0.25, 0.3) is 0 Å². The highest BCUT2D eigenvalue weighted by Crippen LogP contribution is 2.50. The van der Waals surface area contributed by atoms with E-state index >= 15 is 0 Å². The van der Waals surface area contributed by atoms with Crippen molar-refractivity contribution in [2.75, 3.05) is 17.3 Å². The normalized spacial score (nSPS) is 22.8. The third-order valence-corrected chi connectivity index (χ3v) is 7.27. The van der Waals surface area contributed by atoms with Crippen LogP contribution < -0.4 is 25.0 Å². The first-order valence-electron chi connectivity index (χ1n) is 10.6. The number of carbonyl (C=O) groups is 1. The second-order valence-corrected chi connectivity index (χ2v) is 10.0. The summed E-state index contributed by atoms with van der Waals surface area (Å²) < 4.78 is 13.0. The number of hydrogen-bond acceptors (Lipinski definition) is 4. The Morgan fingerprint density at radius 3 is 2.56 bits per heavy atom. The molecule has 1 amide bonds. The van der Waals surface area contributed by atoms with E-state index in [1.165, 1.54) is 0 Å². The topological polar surface area (TPSA) is 62.8 Å². The van der Waals surface area contributed by atoms with Gasteiger partial charge in [-0.05, 0) is 85.9 Å². The summed E-state index contributed by atoms with van der Waals surface area (Å²) in [5.41, 5.74) is 1.16. The van der Waals surface area contributed by atoms with E-state index in [1.54, 1.807) is 31.4 Å². The predicted molar refractivity (Wildman–Crippen MR) is 141 cm³/mol. The van der Waals surface area contributed by atoms with Crippen molar-refractivity contribution in [1.29, 1.82) is 0 Å². The van der Waals surface area contributed by atoms with E-state index in [2.05, 4.69) is 26.6 Å². The van der Waals surface area contributed by atoms with Crippen LogP contribution in [-0.4, -0.2) is 23.9 Å². The van der Waals surface area contributed by atoms with Gasteiger partial charge in [0, 0.05) is 26.4 Å². The number of nitrogens with zero attached hydrogens (tertiary/aromatic N) is 1. The van der Waals surface area contributed by atoms with Crippen LogP contribution in [0.15, 0.2) is 71.2 Å². The molecule has 3 atom stereocenters. The number of nitrogens with one attached hydrogen (secondary N) is 2. The molecule has 9 heteroatoms. The van der Waals surface area contributed by atoms with E-state index in [9.17, 15) is 4.79 Å². The van der Waals surface area contributed by atoms with Crippen molar-refractivity contribution in [3.8, 4) is 11.5 Å². The first-order valence-corrected chi connectivity index (χ1v) is 12.2. The molecule has 174 valence electrons. The average Bonchev–Trinajstić information content (AvgIpc) is 2.81. The summed E-state index contributed by atoms with van der Waals surface area (Å²) >= 11 is 15.3. The molecule has 0 spiro atoms. The summed E-state index contributed by atoms with van der Waals surface area (Å²) in [6.07, 6.45) is 0. The number of thiocarbonyl (C=S) groups is 1. The second kappa shape index (κ2) is 8.76. The molecule has 0 saturated carbocycles. The van der Waals surface area contributed by atoms with E-state index in [-0.39, 0.29) is 5.91 Å². The molecule has 6 nitrogen and oxygen atoms in total. The molecule has 0 radical (unpaired) electrons. The molecule has 1 fully saturated rings. The molecule has 0 aromatic heterocycles. The van der Waals surface area contributed by atoms with Crippen molar-refractivity contribution in [2.45, 2.75) is 18.7 Å². The number of halogens is 2. The Hall–Kier alpha value is -2.81. The summed E-state index contributed by atoms with van der Waals surface area (Å²) in [7, 11) is 1.61. The summed E-state index contributed by atoms with van der Waals surface area (Å²) in [6.45, 7) is 1.90. The highest BCUT2D eigenvalue weighted by Gasteiger charge is 2.59. The quantitative estimate of drug-likeness (QED) is 0.388. The van der Waals surface area contributed by atoms with E-state index < -0.39 is 17.7 Å². The van der Waals surface area contributed by atoms with E-state index in [0.717, 1.165) is 15.7 Å². The highest BCUT2D eigenvalue weighted by molar-refractivity contribution is 9.10. The number of anilines is 2.